The molecule has 150 valence electrons. The molecule has 2 rings (SSSR count). The van der Waals surface area contributed by atoms with Crippen molar-refractivity contribution < 1.29 is 4.79 Å². The summed E-state index contributed by atoms with van der Waals surface area (Å²) in [5, 5.41) is 4.40. The molecule has 4 nitrogen and oxygen atoms in total. The highest BCUT2D eigenvalue weighted by Crippen LogP contribution is 2.11. The van der Waals surface area contributed by atoms with Crippen molar-refractivity contribution in [3.8, 4) is 0 Å². The number of hydrogen-bond acceptors (Lipinski definition) is 3. The smallest absolute Gasteiger partial charge is 0.240 e. The van der Waals surface area contributed by atoms with Gasteiger partial charge in [-0.25, -0.2) is 5.43 Å². The van der Waals surface area contributed by atoms with Gasteiger partial charge >= 0.3 is 0 Å². The summed E-state index contributed by atoms with van der Waals surface area (Å²) < 4.78 is 0. The van der Waals surface area contributed by atoms with Crippen molar-refractivity contribution in [3.05, 3.63) is 66.0 Å². The Morgan fingerprint density at radius 2 is 1.50 bits per heavy atom. The van der Waals surface area contributed by atoms with E-state index in [0.717, 1.165) is 29.7 Å². The molecule has 1 amide bonds. The molecule has 28 heavy (non-hydrogen) atoms. The van der Waals surface area contributed by atoms with Gasteiger partial charge in [0.2, 0.25) is 5.91 Å². The minimum atomic E-state index is -0.0275. The molecule has 0 unspecified atom stereocenters. The highest BCUT2D eigenvalue weighted by atomic mass is 16.2. The molecule has 0 aliphatic carbocycles. The number of nitrogens with one attached hydrogen (secondary N) is 1. The van der Waals surface area contributed by atoms with Gasteiger partial charge < -0.3 is 0 Å². The number of amides is 1. The Hall–Kier alpha value is -2.49. The Labute approximate surface area is 169 Å². The lowest BCUT2D eigenvalue weighted by molar-refractivity contribution is -0.121. The van der Waals surface area contributed by atoms with E-state index in [1.165, 1.54) is 44.9 Å². The fraction of sp³-hybridized carbons (Fsp3) is 0.458. The molecule has 1 aromatic heterocycles. The third-order valence-corrected chi connectivity index (χ3v) is 4.78. The minimum Gasteiger partial charge on any atom is -0.273 e. The molecule has 1 N–H and O–H groups in total. The molecule has 0 saturated carbocycles. The average molecular weight is 380 g/mol. The second kappa shape index (κ2) is 13.6. The number of aromatic nitrogens is 1. The van der Waals surface area contributed by atoms with Gasteiger partial charge in [-0.15, -0.1) is 0 Å². The Morgan fingerprint density at radius 1 is 0.857 bits per heavy atom. The third-order valence-electron chi connectivity index (χ3n) is 4.78. The zero-order valence-electron chi connectivity index (χ0n) is 17.1. The van der Waals surface area contributed by atoms with E-state index in [-0.39, 0.29) is 5.91 Å². The van der Waals surface area contributed by atoms with Gasteiger partial charge in [-0.2, -0.15) is 5.10 Å². The Bertz CT molecular complexity index is 657. The first-order valence-electron chi connectivity index (χ1n) is 10.6. The Morgan fingerprint density at radius 3 is 2.14 bits per heavy atom. The van der Waals surface area contributed by atoms with Crippen molar-refractivity contribution in [1.82, 2.24) is 10.4 Å². The SMILES string of the molecule is CCCCCCCCCCCC(=O)NN=C(c1ccccc1)c1cccnc1. The van der Waals surface area contributed by atoms with Gasteiger partial charge in [0.05, 0.1) is 5.71 Å². The van der Waals surface area contributed by atoms with Crippen molar-refractivity contribution in [2.24, 2.45) is 5.10 Å². The average Bonchev–Trinajstić information content (AvgIpc) is 2.74. The molecule has 0 fully saturated rings. The van der Waals surface area contributed by atoms with Gasteiger partial charge in [-0.1, -0.05) is 88.6 Å². The van der Waals surface area contributed by atoms with Crippen LogP contribution in [0.4, 0.5) is 0 Å². The molecular formula is C24H33N3O. The number of hydrogen-bond donors (Lipinski definition) is 1. The van der Waals surface area contributed by atoms with Crippen molar-refractivity contribution in [1.29, 1.82) is 0 Å². The summed E-state index contributed by atoms with van der Waals surface area (Å²) in [6, 6.07) is 13.7. The number of pyridine rings is 1. The molecule has 0 bridgehead atoms. The van der Waals surface area contributed by atoms with Crippen LogP contribution >= 0.6 is 0 Å². The van der Waals surface area contributed by atoms with Crippen molar-refractivity contribution >= 4 is 11.6 Å². The van der Waals surface area contributed by atoms with Crippen LogP contribution < -0.4 is 5.43 Å². The monoisotopic (exact) mass is 379 g/mol. The summed E-state index contributed by atoms with van der Waals surface area (Å²) in [6.07, 6.45) is 15.2. The van der Waals surface area contributed by atoms with E-state index in [4.69, 9.17) is 0 Å². The molecular weight excluding hydrogens is 346 g/mol. The standard InChI is InChI=1S/C24H33N3O/c1-2-3-4-5-6-7-8-9-13-18-23(28)26-27-24(21-15-11-10-12-16-21)22-17-14-19-25-20-22/h10-12,14-17,19-20H,2-9,13,18H2,1H3,(H,26,28). The quantitative estimate of drug-likeness (QED) is 0.269. The number of hydrazone groups is 1. The highest BCUT2D eigenvalue weighted by molar-refractivity contribution is 6.12. The highest BCUT2D eigenvalue weighted by Gasteiger charge is 2.08. The summed E-state index contributed by atoms with van der Waals surface area (Å²) in [4.78, 5) is 16.3. The van der Waals surface area contributed by atoms with Crippen LogP contribution in [-0.2, 0) is 4.79 Å². The van der Waals surface area contributed by atoms with Crippen LogP contribution in [0.3, 0.4) is 0 Å². The summed E-state index contributed by atoms with van der Waals surface area (Å²) in [6.45, 7) is 2.24. The lowest BCUT2D eigenvalue weighted by atomic mass is 10.0. The van der Waals surface area contributed by atoms with Crippen LogP contribution in [0.1, 0.15) is 82.3 Å². The predicted octanol–water partition coefficient (Wildman–Crippen LogP) is 5.87. The van der Waals surface area contributed by atoms with Crippen LogP contribution in [0.5, 0.6) is 0 Å². The van der Waals surface area contributed by atoms with Gasteiger partial charge in [0, 0.05) is 29.9 Å². The topological polar surface area (TPSA) is 54.4 Å². The summed E-state index contributed by atoms with van der Waals surface area (Å²) in [7, 11) is 0. The third kappa shape index (κ3) is 8.47. The van der Waals surface area contributed by atoms with Crippen molar-refractivity contribution in [2.75, 3.05) is 0 Å². The van der Waals surface area contributed by atoms with E-state index >= 15 is 0 Å². The number of carbonyl (C=O) groups excluding carboxylic acids is 1. The molecule has 4 heteroatoms. The summed E-state index contributed by atoms with van der Waals surface area (Å²) in [5.41, 5.74) is 5.30. The number of unbranched alkanes of at least 4 members (excludes halogenated alkanes) is 8. The Kier molecular flexibility index (Phi) is 10.6. The Balaban J connectivity index is 1.75. The normalized spacial score (nSPS) is 11.4. The zero-order chi connectivity index (χ0) is 19.9. The van der Waals surface area contributed by atoms with Gasteiger partial charge in [-0.05, 0) is 18.6 Å². The van der Waals surface area contributed by atoms with Crippen molar-refractivity contribution in [3.63, 3.8) is 0 Å². The van der Waals surface area contributed by atoms with Crippen molar-refractivity contribution in [2.45, 2.75) is 71.1 Å². The molecule has 1 aromatic carbocycles. The molecule has 2 aromatic rings. The fourth-order valence-electron chi connectivity index (χ4n) is 3.16. The molecule has 0 radical (unpaired) electrons. The van der Waals surface area contributed by atoms with Gasteiger partial charge in [0.15, 0.2) is 0 Å². The van der Waals surface area contributed by atoms with E-state index in [1.54, 1.807) is 12.4 Å². The first kappa shape index (κ1) is 21.8. The lowest BCUT2D eigenvalue weighted by Crippen LogP contribution is -2.20. The fourth-order valence-corrected chi connectivity index (χ4v) is 3.16. The minimum absolute atomic E-state index is 0.0275. The molecule has 0 aliphatic heterocycles. The van der Waals surface area contributed by atoms with E-state index in [1.807, 2.05) is 42.5 Å². The van der Waals surface area contributed by atoms with Crippen LogP contribution in [0.15, 0.2) is 60.0 Å². The van der Waals surface area contributed by atoms with Crippen LogP contribution in [-0.4, -0.2) is 16.6 Å². The maximum Gasteiger partial charge on any atom is 0.240 e. The number of carbonyl (C=O) groups is 1. The summed E-state index contributed by atoms with van der Waals surface area (Å²) in [5.74, 6) is -0.0275. The molecule has 0 saturated heterocycles. The van der Waals surface area contributed by atoms with Gasteiger partial charge in [0.25, 0.3) is 0 Å². The van der Waals surface area contributed by atoms with E-state index < -0.39 is 0 Å². The maximum atomic E-state index is 12.2. The first-order valence-corrected chi connectivity index (χ1v) is 10.6. The van der Waals surface area contributed by atoms with Crippen LogP contribution in [0.25, 0.3) is 0 Å². The van der Waals surface area contributed by atoms with E-state index in [0.29, 0.717) is 6.42 Å². The van der Waals surface area contributed by atoms with Gasteiger partial charge in [-0.3, -0.25) is 9.78 Å². The van der Waals surface area contributed by atoms with E-state index in [9.17, 15) is 4.79 Å². The molecule has 0 aliphatic rings. The summed E-state index contributed by atoms with van der Waals surface area (Å²) >= 11 is 0. The number of nitrogens with zero attached hydrogens (tertiary/aromatic N) is 2. The predicted molar refractivity (Wildman–Crippen MR) is 116 cm³/mol. The molecule has 0 spiro atoms. The largest absolute Gasteiger partial charge is 0.273 e. The van der Waals surface area contributed by atoms with E-state index in [2.05, 4.69) is 22.4 Å². The second-order valence-electron chi connectivity index (χ2n) is 7.18. The van der Waals surface area contributed by atoms with Crippen LogP contribution in [0.2, 0.25) is 0 Å². The molecule has 1 heterocycles. The van der Waals surface area contributed by atoms with Gasteiger partial charge in [0.1, 0.15) is 0 Å². The zero-order valence-corrected chi connectivity index (χ0v) is 17.1. The first-order chi connectivity index (χ1) is 13.8. The lowest BCUT2D eigenvalue weighted by Gasteiger charge is -2.07. The maximum absolute atomic E-state index is 12.2. The van der Waals surface area contributed by atoms with Crippen LogP contribution in [0, 0.1) is 0 Å². The number of benzene rings is 1. The number of rotatable bonds is 13. The molecule has 0 atom stereocenters. The second-order valence-corrected chi connectivity index (χ2v) is 7.18.